The van der Waals surface area contributed by atoms with Gasteiger partial charge in [-0.25, -0.2) is 9.59 Å². The van der Waals surface area contributed by atoms with Gasteiger partial charge in [0, 0.05) is 11.8 Å². The summed E-state index contributed by atoms with van der Waals surface area (Å²) in [5.41, 5.74) is 1.93. The van der Waals surface area contributed by atoms with Gasteiger partial charge >= 0.3 is 11.9 Å². The molecule has 34 heavy (non-hydrogen) atoms. The van der Waals surface area contributed by atoms with Gasteiger partial charge in [0.1, 0.15) is 5.76 Å². The zero-order chi connectivity index (χ0) is 24.8. The molecule has 1 unspecified atom stereocenters. The van der Waals surface area contributed by atoms with Crippen molar-refractivity contribution in [3.63, 3.8) is 0 Å². The Kier molecular flexibility index (Phi) is 7.75. The molecule has 11 heteroatoms. The third kappa shape index (κ3) is 5.29. The van der Waals surface area contributed by atoms with Crippen LogP contribution in [-0.2, 0) is 19.1 Å². The number of methoxy groups -OCH3 is 2. The molecule has 2 N–H and O–H groups in total. The summed E-state index contributed by atoms with van der Waals surface area (Å²) in [5.74, 6) is -1.36. The summed E-state index contributed by atoms with van der Waals surface area (Å²) < 4.78 is 14.6. The van der Waals surface area contributed by atoms with Crippen molar-refractivity contribution >= 4 is 35.4 Å². The molecule has 2 aromatic rings. The number of esters is 2. The predicted molar refractivity (Wildman–Crippen MR) is 123 cm³/mol. The molecule has 1 atom stereocenters. The highest BCUT2D eigenvalue weighted by atomic mass is 32.2. The van der Waals surface area contributed by atoms with Gasteiger partial charge in [0.25, 0.3) is 0 Å². The number of nitrogens with zero attached hydrogens (tertiary/aromatic N) is 2. The molecule has 0 fully saturated rings. The molecule has 1 aliphatic heterocycles. The number of allylic oxidation sites excluding steroid dienone is 2. The van der Waals surface area contributed by atoms with Gasteiger partial charge in [-0.3, -0.25) is 4.79 Å². The molecule has 1 aliphatic rings. The first-order valence-corrected chi connectivity index (χ1v) is 11.0. The van der Waals surface area contributed by atoms with Crippen LogP contribution < -0.4 is 10.6 Å². The molecule has 0 bridgehead atoms. The highest BCUT2D eigenvalue weighted by molar-refractivity contribution is 8.03. The second kappa shape index (κ2) is 10.7. The molecular formula is C23H22N4O6S. The van der Waals surface area contributed by atoms with Crippen LogP contribution in [0, 0.1) is 18.3 Å². The number of aromatic nitrogens is 1. The third-order valence-corrected chi connectivity index (χ3v) is 5.98. The molecule has 0 saturated carbocycles. The Bertz CT molecular complexity index is 1220. The Morgan fingerprint density at radius 3 is 2.41 bits per heavy atom. The molecule has 0 spiro atoms. The Morgan fingerprint density at radius 2 is 1.85 bits per heavy atom. The fourth-order valence-corrected chi connectivity index (χ4v) is 4.30. The number of nitrogens with one attached hydrogen (secondary N) is 2. The maximum atomic E-state index is 12.6. The number of ether oxygens (including phenoxy) is 2. The average Bonchev–Trinajstić information content (AvgIpc) is 3.25. The number of benzene rings is 1. The van der Waals surface area contributed by atoms with Gasteiger partial charge in [0.2, 0.25) is 5.91 Å². The number of hydrogen-bond donors (Lipinski definition) is 2. The van der Waals surface area contributed by atoms with E-state index in [1.165, 1.54) is 14.2 Å². The summed E-state index contributed by atoms with van der Waals surface area (Å²) >= 11 is 1.11. The molecular weight excluding hydrogens is 460 g/mol. The van der Waals surface area contributed by atoms with Gasteiger partial charge in [-0.15, -0.1) is 0 Å². The zero-order valence-corrected chi connectivity index (χ0v) is 19.7. The number of carbonyl (C=O) groups is 3. The first-order chi connectivity index (χ1) is 16.3. The monoisotopic (exact) mass is 482 g/mol. The van der Waals surface area contributed by atoms with Crippen LogP contribution in [0.25, 0.3) is 0 Å². The second-order valence-electron chi connectivity index (χ2n) is 7.22. The van der Waals surface area contributed by atoms with E-state index in [2.05, 4.69) is 21.9 Å². The molecule has 0 aliphatic carbocycles. The molecule has 1 aromatic heterocycles. The van der Waals surface area contributed by atoms with Crippen LogP contribution in [0.3, 0.4) is 0 Å². The minimum atomic E-state index is -0.755. The van der Waals surface area contributed by atoms with E-state index in [1.54, 1.807) is 44.2 Å². The molecule has 1 amide bonds. The zero-order valence-electron chi connectivity index (χ0n) is 18.9. The lowest BCUT2D eigenvalue weighted by atomic mass is 9.82. The fraction of sp³-hybridized carbons (Fsp3) is 0.261. The maximum absolute atomic E-state index is 12.6. The highest BCUT2D eigenvalue weighted by Gasteiger charge is 2.35. The normalized spacial score (nSPS) is 15.3. The van der Waals surface area contributed by atoms with Crippen molar-refractivity contribution in [3.05, 3.63) is 69.1 Å². The van der Waals surface area contributed by atoms with Crippen LogP contribution in [0.1, 0.15) is 34.5 Å². The Balaban J connectivity index is 1.92. The lowest BCUT2D eigenvalue weighted by Gasteiger charge is -2.29. The van der Waals surface area contributed by atoms with Crippen molar-refractivity contribution in [1.29, 1.82) is 5.26 Å². The number of rotatable bonds is 7. The van der Waals surface area contributed by atoms with E-state index in [0.29, 0.717) is 33.4 Å². The van der Waals surface area contributed by atoms with E-state index in [1.807, 2.05) is 0 Å². The van der Waals surface area contributed by atoms with Crippen molar-refractivity contribution in [2.75, 3.05) is 25.3 Å². The smallest absolute Gasteiger partial charge is 0.337 e. The fourth-order valence-electron chi connectivity index (χ4n) is 3.41. The number of anilines is 1. The van der Waals surface area contributed by atoms with E-state index >= 15 is 0 Å². The minimum Gasteiger partial charge on any atom is -0.466 e. The molecule has 10 nitrogen and oxygen atoms in total. The van der Waals surface area contributed by atoms with Crippen molar-refractivity contribution in [1.82, 2.24) is 10.5 Å². The van der Waals surface area contributed by atoms with E-state index in [0.717, 1.165) is 11.8 Å². The summed E-state index contributed by atoms with van der Waals surface area (Å²) in [4.78, 5) is 36.8. The predicted octanol–water partition coefficient (Wildman–Crippen LogP) is 3.01. The lowest BCUT2D eigenvalue weighted by molar-refractivity contribution is -0.136. The summed E-state index contributed by atoms with van der Waals surface area (Å²) in [7, 11) is 2.54. The van der Waals surface area contributed by atoms with Crippen LogP contribution >= 0.6 is 11.8 Å². The van der Waals surface area contributed by atoms with E-state index in [4.69, 9.17) is 14.0 Å². The average molecular weight is 483 g/mol. The first kappa shape index (κ1) is 24.6. The van der Waals surface area contributed by atoms with Gasteiger partial charge in [-0.05, 0) is 31.5 Å². The lowest BCUT2D eigenvalue weighted by Crippen LogP contribution is -2.29. The number of carbonyl (C=O) groups excluding carboxylic acids is 3. The summed E-state index contributed by atoms with van der Waals surface area (Å²) in [5, 5.41) is 19.8. The van der Waals surface area contributed by atoms with Crippen molar-refractivity contribution in [2.24, 2.45) is 0 Å². The van der Waals surface area contributed by atoms with Gasteiger partial charge in [0.15, 0.2) is 5.82 Å². The number of hydrogen-bond acceptors (Lipinski definition) is 10. The topological polar surface area (TPSA) is 144 Å². The molecule has 176 valence electrons. The van der Waals surface area contributed by atoms with Gasteiger partial charge < -0.3 is 24.6 Å². The van der Waals surface area contributed by atoms with Crippen LogP contribution in [-0.4, -0.2) is 43.0 Å². The van der Waals surface area contributed by atoms with Crippen LogP contribution in [0.4, 0.5) is 5.82 Å². The molecule has 0 saturated heterocycles. The number of dihydropyridines is 1. The molecule has 0 radical (unpaired) electrons. The number of nitriles is 1. The van der Waals surface area contributed by atoms with Crippen LogP contribution in [0.5, 0.6) is 0 Å². The van der Waals surface area contributed by atoms with Gasteiger partial charge in [-0.1, -0.05) is 29.1 Å². The Morgan fingerprint density at radius 1 is 1.18 bits per heavy atom. The molecule has 1 aromatic carbocycles. The minimum absolute atomic E-state index is 0.0196. The maximum Gasteiger partial charge on any atom is 0.337 e. The summed E-state index contributed by atoms with van der Waals surface area (Å²) in [6.45, 7) is 3.40. The van der Waals surface area contributed by atoms with E-state index in [9.17, 15) is 19.6 Å². The van der Waals surface area contributed by atoms with Gasteiger partial charge in [-0.2, -0.15) is 5.26 Å². The Labute approximate surface area is 200 Å². The highest BCUT2D eigenvalue weighted by Crippen LogP contribution is 2.41. The first-order valence-electron chi connectivity index (χ1n) is 10.0. The van der Waals surface area contributed by atoms with E-state index < -0.39 is 17.9 Å². The summed E-state index contributed by atoms with van der Waals surface area (Å²) in [6.07, 6.45) is 0. The Hall–Kier alpha value is -4.04. The summed E-state index contributed by atoms with van der Waals surface area (Å²) in [6, 6.07) is 10.2. The molecule has 2 heterocycles. The van der Waals surface area contributed by atoms with Crippen LogP contribution in [0.15, 0.2) is 56.7 Å². The standard InChI is InChI=1S/C23H22N4O6S/c1-12-9-17(27-33-12)26-18(28)11-34-21-16(10-24)20(19(13(2)25-21)23(30)32-4)14-5-7-15(8-6-14)22(29)31-3/h5-9,20,25H,11H2,1-4H3,(H,26,27,28). The number of aryl methyl sites for hydroxylation is 1. The SMILES string of the molecule is COC(=O)C1=C(C)NC(SCC(=O)Nc2cc(C)on2)=C(C#N)C1c1ccc(C(=O)OC)cc1. The van der Waals surface area contributed by atoms with Crippen molar-refractivity contribution < 1.29 is 28.4 Å². The van der Waals surface area contributed by atoms with Gasteiger partial charge in [0.05, 0.1) is 53.7 Å². The van der Waals surface area contributed by atoms with Crippen molar-refractivity contribution in [2.45, 2.75) is 19.8 Å². The quantitative estimate of drug-likeness (QED) is 0.565. The molecule has 3 rings (SSSR count). The number of amides is 1. The largest absolute Gasteiger partial charge is 0.466 e. The number of thioether (sulfide) groups is 1. The second-order valence-corrected chi connectivity index (χ2v) is 8.20. The van der Waals surface area contributed by atoms with Crippen LogP contribution in [0.2, 0.25) is 0 Å². The van der Waals surface area contributed by atoms with E-state index in [-0.39, 0.29) is 22.8 Å². The van der Waals surface area contributed by atoms with Crippen molar-refractivity contribution in [3.8, 4) is 6.07 Å². The third-order valence-electron chi connectivity index (χ3n) is 4.96.